The summed E-state index contributed by atoms with van der Waals surface area (Å²) in [6, 6.07) is 2.16. The smallest absolute Gasteiger partial charge is 0.0830 e. The Labute approximate surface area is 74.2 Å². The molecule has 0 heterocycles. The highest BCUT2D eigenvalue weighted by atomic mass is 16.3. The van der Waals surface area contributed by atoms with E-state index in [1.165, 1.54) is 0 Å². The van der Waals surface area contributed by atoms with E-state index in [-0.39, 0.29) is 5.92 Å². The minimum atomic E-state index is -0.691. The highest BCUT2D eigenvalue weighted by molar-refractivity contribution is 5.02. The monoisotopic (exact) mass is 167 g/mol. The molecule has 0 amide bonds. The first kappa shape index (κ1) is 9.54. The second-order valence-corrected chi connectivity index (χ2v) is 3.84. The van der Waals surface area contributed by atoms with Crippen molar-refractivity contribution in [1.29, 1.82) is 5.26 Å². The third-order valence-electron chi connectivity index (χ3n) is 3.27. The van der Waals surface area contributed by atoms with Gasteiger partial charge in [-0.15, -0.1) is 0 Å². The van der Waals surface area contributed by atoms with Crippen molar-refractivity contribution < 1.29 is 5.11 Å². The van der Waals surface area contributed by atoms with Gasteiger partial charge in [0.25, 0.3) is 0 Å². The fourth-order valence-electron chi connectivity index (χ4n) is 2.33. The summed E-state index contributed by atoms with van der Waals surface area (Å²) in [4.78, 5) is 0. The largest absolute Gasteiger partial charge is 0.388 e. The number of nitriles is 1. The molecule has 0 aromatic carbocycles. The molecule has 1 saturated carbocycles. The van der Waals surface area contributed by atoms with Gasteiger partial charge in [0, 0.05) is 0 Å². The highest BCUT2D eigenvalue weighted by Gasteiger charge is 2.44. The summed E-state index contributed by atoms with van der Waals surface area (Å²) < 4.78 is 0. The van der Waals surface area contributed by atoms with Gasteiger partial charge in [-0.05, 0) is 25.7 Å². The van der Waals surface area contributed by atoms with Gasteiger partial charge in [0.2, 0.25) is 0 Å². The summed E-state index contributed by atoms with van der Waals surface area (Å²) >= 11 is 0. The summed E-state index contributed by atoms with van der Waals surface area (Å²) in [5.41, 5.74) is -0.691. The lowest BCUT2D eigenvalue weighted by molar-refractivity contribution is -0.0284. The molecule has 0 radical (unpaired) electrons. The fourth-order valence-corrected chi connectivity index (χ4v) is 2.33. The van der Waals surface area contributed by atoms with Crippen LogP contribution in [0, 0.1) is 23.2 Å². The molecule has 0 spiro atoms. The predicted molar refractivity (Wildman–Crippen MR) is 47.4 cm³/mol. The van der Waals surface area contributed by atoms with E-state index in [0.29, 0.717) is 5.92 Å². The Morgan fingerprint density at radius 2 is 2.42 bits per heavy atom. The minimum absolute atomic E-state index is 0.218. The Balaban J connectivity index is 2.75. The van der Waals surface area contributed by atoms with Crippen LogP contribution in [0.5, 0.6) is 0 Å². The van der Waals surface area contributed by atoms with Gasteiger partial charge in [0.1, 0.15) is 0 Å². The molecule has 68 valence electrons. The second-order valence-electron chi connectivity index (χ2n) is 3.84. The maximum absolute atomic E-state index is 10.2. The number of rotatable bonds is 2. The lowest BCUT2D eigenvalue weighted by atomic mass is 9.79. The van der Waals surface area contributed by atoms with Crippen molar-refractivity contribution in [1.82, 2.24) is 0 Å². The van der Waals surface area contributed by atoms with Crippen LogP contribution in [0.15, 0.2) is 0 Å². The van der Waals surface area contributed by atoms with Crippen LogP contribution in [-0.2, 0) is 0 Å². The molecule has 1 N–H and O–H groups in total. The Hall–Kier alpha value is -0.550. The summed E-state index contributed by atoms with van der Waals surface area (Å²) in [6.07, 6.45) is 3.95. The van der Waals surface area contributed by atoms with Crippen molar-refractivity contribution in [2.45, 2.75) is 45.1 Å². The van der Waals surface area contributed by atoms with Gasteiger partial charge in [0.15, 0.2) is 0 Å². The third-order valence-corrected chi connectivity index (χ3v) is 3.27. The SMILES string of the molecule is CCC1CCCC1(O)C(C)C#N. The third kappa shape index (κ3) is 1.34. The zero-order valence-corrected chi connectivity index (χ0v) is 7.88. The molecule has 1 fully saturated rings. The number of nitrogens with zero attached hydrogens (tertiary/aromatic N) is 1. The molecule has 2 heteroatoms. The summed E-state index contributed by atoms with van der Waals surface area (Å²) in [7, 11) is 0. The molecule has 3 atom stereocenters. The molecule has 0 saturated heterocycles. The molecule has 3 unspecified atom stereocenters. The van der Waals surface area contributed by atoms with Crippen LogP contribution in [0.25, 0.3) is 0 Å². The molecule has 1 rings (SSSR count). The molecule has 0 aromatic heterocycles. The molecule has 0 aliphatic heterocycles. The van der Waals surface area contributed by atoms with Crippen LogP contribution in [0.4, 0.5) is 0 Å². The summed E-state index contributed by atoms with van der Waals surface area (Å²) in [5, 5.41) is 19.0. The molecule has 12 heavy (non-hydrogen) atoms. The Morgan fingerprint density at radius 3 is 2.92 bits per heavy atom. The van der Waals surface area contributed by atoms with Gasteiger partial charge in [0.05, 0.1) is 17.6 Å². The van der Waals surface area contributed by atoms with E-state index in [0.717, 1.165) is 25.7 Å². The first-order valence-corrected chi connectivity index (χ1v) is 4.77. The average molecular weight is 167 g/mol. The number of hydrogen-bond donors (Lipinski definition) is 1. The zero-order valence-electron chi connectivity index (χ0n) is 7.88. The summed E-state index contributed by atoms with van der Waals surface area (Å²) in [5.74, 6) is 0.122. The standard InChI is InChI=1S/C10H17NO/c1-3-9-5-4-6-10(9,12)8(2)7-11/h8-9,12H,3-6H2,1-2H3. The molecule has 1 aliphatic rings. The topological polar surface area (TPSA) is 44.0 Å². The van der Waals surface area contributed by atoms with Crippen molar-refractivity contribution in [2.24, 2.45) is 11.8 Å². The first-order valence-electron chi connectivity index (χ1n) is 4.77. The predicted octanol–water partition coefficient (Wildman–Crippen LogP) is 2.09. The molecule has 0 bridgehead atoms. The summed E-state index contributed by atoms with van der Waals surface area (Å²) in [6.45, 7) is 3.92. The van der Waals surface area contributed by atoms with E-state index in [9.17, 15) is 5.11 Å². The Morgan fingerprint density at radius 1 is 1.75 bits per heavy atom. The molecular weight excluding hydrogens is 150 g/mol. The van der Waals surface area contributed by atoms with Crippen molar-refractivity contribution in [3.63, 3.8) is 0 Å². The molecule has 0 aromatic rings. The van der Waals surface area contributed by atoms with E-state index in [1.54, 1.807) is 0 Å². The number of aliphatic hydroxyl groups is 1. The lowest BCUT2D eigenvalue weighted by Crippen LogP contribution is -2.39. The van der Waals surface area contributed by atoms with Crippen LogP contribution >= 0.6 is 0 Å². The lowest BCUT2D eigenvalue weighted by Gasteiger charge is -2.31. The number of hydrogen-bond acceptors (Lipinski definition) is 2. The molecular formula is C10H17NO. The van der Waals surface area contributed by atoms with Gasteiger partial charge < -0.3 is 5.11 Å². The first-order chi connectivity index (χ1) is 5.65. The quantitative estimate of drug-likeness (QED) is 0.684. The van der Waals surface area contributed by atoms with E-state index >= 15 is 0 Å². The Bertz CT molecular complexity index is 197. The van der Waals surface area contributed by atoms with E-state index in [1.807, 2.05) is 6.92 Å². The highest BCUT2D eigenvalue weighted by Crippen LogP contribution is 2.42. The maximum atomic E-state index is 10.2. The van der Waals surface area contributed by atoms with E-state index in [2.05, 4.69) is 13.0 Å². The van der Waals surface area contributed by atoms with Crippen LogP contribution in [-0.4, -0.2) is 10.7 Å². The van der Waals surface area contributed by atoms with Gasteiger partial charge in [-0.3, -0.25) is 0 Å². The van der Waals surface area contributed by atoms with Crippen molar-refractivity contribution in [3.8, 4) is 6.07 Å². The fraction of sp³-hybridized carbons (Fsp3) is 0.900. The molecule has 2 nitrogen and oxygen atoms in total. The van der Waals surface area contributed by atoms with Crippen LogP contribution in [0.3, 0.4) is 0 Å². The van der Waals surface area contributed by atoms with Crippen molar-refractivity contribution in [2.75, 3.05) is 0 Å². The van der Waals surface area contributed by atoms with Gasteiger partial charge in [-0.1, -0.05) is 19.8 Å². The second kappa shape index (κ2) is 3.45. The van der Waals surface area contributed by atoms with E-state index < -0.39 is 5.60 Å². The average Bonchev–Trinajstić information content (AvgIpc) is 2.46. The van der Waals surface area contributed by atoms with Gasteiger partial charge in [-0.2, -0.15) is 5.26 Å². The zero-order chi connectivity index (χ0) is 9.19. The van der Waals surface area contributed by atoms with Gasteiger partial charge >= 0.3 is 0 Å². The van der Waals surface area contributed by atoms with Crippen molar-refractivity contribution in [3.05, 3.63) is 0 Å². The Kier molecular flexibility index (Phi) is 2.74. The van der Waals surface area contributed by atoms with Crippen LogP contribution < -0.4 is 0 Å². The minimum Gasteiger partial charge on any atom is -0.388 e. The van der Waals surface area contributed by atoms with Crippen molar-refractivity contribution >= 4 is 0 Å². The normalized spacial score (nSPS) is 37.7. The van der Waals surface area contributed by atoms with Gasteiger partial charge in [-0.25, -0.2) is 0 Å². The van der Waals surface area contributed by atoms with Crippen LogP contribution in [0.1, 0.15) is 39.5 Å². The van der Waals surface area contributed by atoms with E-state index in [4.69, 9.17) is 5.26 Å². The molecule has 1 aliphatic carbocycles. The maximum Gasteiger partial charge on any atom is 0.0830 e. The van der Waals surface area contributed by atoms with Crippen LogP contribution in [0.2, 0.25) is 0 Å².